The van der Waals surface area contributed by atoms with Crippen LogP contribution >= 0.6 is 11.3 Å². The first-order valence-electron chi connectivity index (χ1n) is 8.56. The van der Waals surface area contributed by atoms with Gasteiger partial charge in [-0.3, -0.25) is 4.79 Å². The molecule has 1 amide bonds. The number of nitriles is 1. The quantitative estimate of drug-likeness (QED) is 0.613. The third kappa shape index (κ3) is 4.63. The summed E-state index contributed by atoms with van der Waals surface area (Å²) in [6, 6.07) is 9.83. The summed E-state index contributed by atoms with van der Waals surface area (Å²) in [5.74, 6) is -0.573. The van der Waals surface area contributed by atoms with Gasteiger partial charge in [0, 0.05) is 18.8 Å². The molecule has 1 aromatic carbocycles. The fraction of sp³-hybridized carbons (Fsp3) is 0.263. The van der Waals surface area contributed by atoms with E-state index in [9.17, 15) is 18.5 Å². The first kappa shape index (κ1) is 19.3. The van der Waals surface area contributed by atoms with Crippen molar-refractivity contribution >= 4 is 39.0 Å². The van der Waals surface area contributed by atoms with Crippen LogP contribution in [0.1, 0.15) is 24.8 Å². The van der Waals surface area contributed by atoms with Crippen LogP contribution in [0.2, 0.25) is 0 Å². The Morgan fingerprint density at radius 3 is 2.67 bits per heavy atom. The van der Waals surface area contributed by atoms with Gasteiger partial charge in [0.1, 0.15) is 11.6 Å². The SMILES string of the molecule is N#C/C(=C\c1ccsc1)C(=O)Nc1cccc(S(=O)(=O)N2CCCCC2)c1. The monoisotopic (exact) mass is 401 g/mol. The van der Waals surface area contributed by atoms with E-state index in [1.807, 2.05) is 16.8 Å². The van der Waals surface area contributed by atoms with Crippen LogP contribution in [0.25, 0.3) is 6.08 Å². The minimum Gasteiger partial charge on any atom is -0.321 e. The molecular formula is C19H19N3O3S2. The number of nitrogens with one attached hydrogen (secondary N) is 1. The lowest BCUT2D eigenvalue weighted by molar-refractivity contribution is -0.112. The van der Waals surface area contributed by atoms with Crippen LogP contribution in [0.4, 0.5) is 5.69 Å². The molecule has 0 unspecified atom stereocenters. The van der Waals surface area contributed by atoms with Crippen LogP contribution in [0.5, 0.6) is 0 Å². The predicted octanol–water partition coefficient (Wildman–Crippen LogP) is 3.47. The normalized spacial score (nSPS) is 15.9. The second-order valence-corrected chi connectivity index (χ2v) is 8.89. The molecule has 8 heteroatoms. The molecule has 3 rings (SSSR count). The Hall–Kier alpha value is -2.47. The Morgan fingerprint density at radius 2 is 2.00 bits per heavy atom. The van der Waals surface area contributed by atoms with E-state index in [0.29, 0.717) is 18.8 Å². The average molecular weight is 402 g/mol. The zero-order chi connectivity index (χ0) is 19.3. The Kier molecular flexibility index (Phi) is 6.06. The molecule has 0 radical (unpaired) electrons. The number of rotatable bonds is 5. The molecule has 1 aliphatic heterocycles. The smallest absolute Gasteiger partial charge is 0.266 e. The highest BCUT2D eigenvalue weighted by molar-refractivity contribution is 7.89. The summed E-state index contributed by atoms with van der Waals surface area (Å²) in [5, 5.41) is 15.5. The zero-order valence-electron chi connectivity index (χ0n) is 14.6. The number of nitrogens with zero attached hydrogens (tertiary/aromatic N) is 2. The Bertz CT molecular complexity index is 983. The van der Waals surface area contributed by atoms with Gasteiger partial charge in [-0.2, -0.15) is 20.9 Å². The van der Waals surface area contributed by atoms with Gasteiger partial charge in [0.2, 0.25) is 10.0 Å². The maximum Gasteiger partial charge on any atom is 0.266 e. The number of thiophene rings is 1. The second-order valence-electron chi connectivity index (χ2n) is 6.17. The van der Waals surface area contributed by atoms with Crippen molar-refractivity contribution in [2.45, 2.75) is 24.2 Å². The van der Waals surface area contributed by atoms with Crippen molar-refractivity contribution in [2.24, 2.45) is 0 Å². The largest absolute Gasteiger partial charge is 0.321 e. The first-order chi connectivity index (χ1) is 13.0. The van der Waals surface area contributed by atoms with Gasteiger partial charge in [0.05, 0.1) is 4.90 Å². The maximum atomic E-state index is 12.8. The average Bonchev–Trinajstić information content (AvgIpc) is 3.20. The van der Waals surface area contributed by atoms with E-state index in [-0.39, 0.29) is 10.5 Å². The summed E-state index contributed by atoms with van der Waals surface area (Å²) >= 11 is 1.47. The molecule has 27 heavy (non-hydrogen) atoms. The molecule has 0 aliphatic carbocycles. The topological polar surface area (TPSA) is 90.3 Å². The molecule has 0 saturated carbocycles. The van der Waals surface area contributed by atoms with Gasteiger partial charge in [0.25, 0.3) is 5.91 Å². The molecule has 0 spiro atoms. The number of amides is 1. The maximum absolute atomic E-state index is 12.8. The standard InChI is InChI=1S/C19H19N3O3S2/c20-13-16(11-15-7-10-26-14-15)19(23)21-17-5-4-6-18(12-17)27(24,25)22-8-2-1-3-9-22/h4-7,10-12,14H,1-3,8-9H2,(H,21,23)/b16-11+. The highest BCUT2D eigenvalue weighted by Gasteiger charge is 2.26. The van der Waals surface area contributed by atoms with Gasteiger partial charge in [-0.1, -0.05) is 12.5 Å². The molecule has 0 atom stereocenters. The summed E-state index contributed by atoms with van der Waals surface area (Å²) < 4.78 is 27.0. The van der Waals surface area contributed by atoms with Crippen LogP contribution in [0.3, 0.4) is 0 Å². The van der Waals surface area contributed by atoms with Crippen molar-refractivity contribution in [3.8, 4) is 6.07 Å². The van der Waals surface area contributed by atoms with E-state index in [1.165, 1.54) is 33.9 Å². The van der Waals surface area contributed by atoms with Crippen molar-refractivity contribution < 1.29 is 13.2 Å². The molecule has 0 bridgehead atoms. The van der Waals surface area contributed by atoms with Crippen LogP contribution in [0.15, 0.2) is 51.6 Å². The molecule has 2 heterocycles. The van der Waals surface area contributed by atoms with Gasteiger partial charge in [0.15, 0.2) is 0 Å². The zero-order valence-corrected chi connectivity index (χ0v) is 16.2. The van der Waals surface area contributed by atoms with Crippen LogP contribution in [-0.2, 0) is 14.8 Å². The van der Waals surface area contributed by atoms with Gasteiger partial charge >= 0.3 is 0 Å². The lowest BCUT2D eigenvalue weighted by Gasteiger charge is -2.26. The number of hydrogen-bond acceptors (Lipinski definition) is 5. The Balaban J connectivity index is 1.79. The third-order valence-corrected chi connectivity index (χ3v) is 6.86. The first-order valence-corrected chi connectivity index (χ1v) is 10.9. The highest BCUT2D eigenvalue weighted by atomic mass is 32.2. The minimum absolute atomic E-state index is 0.0438. The Labute approximate surface area is 162 Å². The van der Waals surface area contributed by atoms with Gasteiger partial charge in [-0.25, -0.2) is 8.42 Å². The number of anilines is 1. The van der Waals surface area contributed by atoms with E-state index < -0.39 is 15.9 Å². The number of sulfonamides is 1. The summed E-state index contributed by atoms with van der Waals surface area (Å²) in [7, 11) is -3.58. The van der Waals surface area contributed by atoms with E-state index in [0.717, 1.165) is 24.8 Å². The summed E-state index contributed by atoms with van der Waals surface area (Å²) in [5.41, 5.74) is 1.07. The summed E-state index contributed by atoms with van der Waals surface area (Å²) in [6.07, 6.45) is 4.25. The number of piperidine rings is 1. The Morgan fingerprint density at radius 1 is 1.22 bits per heavy atom. The molecule has 6 nitrogen and oxygen atoms in total. The molecular weight excluding hydrogens is 382 g/mol. The fourth-order valence-corrected chi connectivity index (χ4v) is 5.04. The van der Waals surface area contributed by atoms with Crippen molar-refractivity contribution in [3.63, 3.8) is 0 Å². The highest BCUT2D eigenvalue weighted by Crippen LogP contribution is 2.23. The van der Waals surface area contributed by atoms with Crippen LogP contribution < -0.4 is 5.32 Å². The fourth-order valence-electron chi connectivity index (χ4n) is 2.86. The molecule has 140 valence electrons. The molecule has 1 N–H and O–H groups in total. The number of benzene rings is 1. The summed E-state index contributed by atoms with van der Waals surface area (Å²) in [4.78, 5) is 12.5. The van der Waals surface area contributed by atoms with Crippen LogP contribution in [-0.4, -0.2) is 31.7 Å². The molecule has 1 saturated heterocycles. The molecule has 2 aromatic rings. The van der Waals surface area contributed by atoms with Gasteiger partial charge < -0.3 is 5.32 Å². The number of carbonyl (C=O) groups excluding carboxylic acids is 1. The summed E-state index contributed by atoms with van der Waals surface area (Å²) in [6.45, 7) is 1.03. The van der Waals surface area contributed by atoms with E-state index in [4.69, 9.17) is 0 Å². The van der Waals surface area contributed by atoms with E-state index in [2.05, 4.69) is 5.32 Å². The lowest BCUT2D eigenvalue weighted by atomic mass is 10.2. The second kappa shape index (κ2) is 8.48. The van der Waals surface area contributed by atoms with E-state index in [1.54, 1.807) is 18.2 Å². The molecule has 1 fully saturated rings. The van der Waals surface area contributed by atoms with Crippen molar-refractivity contribution in [3.05, 3.63) is 52.2 Å². The predicted molar refractivity (Wildman–Crippen MR) is 106 cm³/mol. The van der Waals surface area contributed by atoms with Gasteiger partial charge in [-0.05, 0) is 59.5 Å². The minimum atomic E-state index is -3.58. The van der Waals surface area contributed by atoms with Crippen LogP contribution in [0, 0.1) is 11.3 Å². The number of carbonyl (C=O) groups is 1. The molecule has 1 aliphatic rings. The van der Waals surface area contributed by atoms with Crippen molar-refractivity contribution in [2.75, 3.05) is 18.4 Å². The van der Waals surface area contributed by atoms with Crippen molar-refractivity contribution in [1.82, 2.24) is 4.31 Å². The number of hydrogen-bond donors (Lipinski definition) is 1. The third-order valence-electron chi connectivity index (χ3n) is 4.26. The lowest BCUT2D eigenvalue weighted by Crippen LogP contribution is -2.35. The van der Waals surface area contributed by atoms with Crippen molar-refractivity contribution in [1.29, 1.82) is 5.26 Å². The van der Waals surface area contributed by atoms with E-state index >= 15 is 0 Å². The van der Waals surface area contributed by atoms with Gasteiger partial charge in [-0.15, -0.1) is 0 Å². The molecule has 1 aromatic heterocycles.